The molecule has 4 heteroatoms. The third kappa shape index (κ3) is 3.89. The molecule has 1 aliphatic heterocycles. The molecule has 5 aromatic carbocycles. The Bertz CT molecular complexity index is 1400. The molecule has 0 bridgehead atoms. The normalized spacial score (nSPS) is 12.1. The van der Waals surface area contributed by atoms with Crippen LogP contribution in [0.2, 0.25) is 0 Å². The van der Waals surface area contributed by atoms with Gasteiger partial charge in [0, 0.05) is 37.0 Å². The molecule has 0 spiro atoms. The molecule has 1 aliphatic rings. The lowest BCUT2D eigenvalue weighted by Crippen LogP contribution is -2.16. The van der Waals surface area contributed by atoms with Crippen molar-refractivity contribution in [1.82, 2.24) is 0 Å². The van der Waals surface area contributed by atoms with E-state index in [9.17, 15) is 0 Å². The van der Waals surface area contributed by atoms with E-state index in [-0.39, 0.29) is 0 Å². The van der Waals surface area contributed by atoms with Crippen LogP contribution in [0.4, 0.5) is 34.1 Å². The van der Waals surface area contributed by atoms with E-state index in [1.807, 2.05) is 11.8 Å². The summed E-state index contributed by atoms with van der Waals surface area (Å²) in [4.78, 5) is 7.12. The van der Waals surface area contributed by atoms with Gasteiger partial charge in [-0.1, -0.05) is 82.3 Å². The van der Waals surface area contributed by atoms with Crippen molar-refractivity contribution in [2.24, 2.45) is 0 Å². The Morgan fingerprint density at radius 2 is 1.06 bits per heavy atom. The predicted octanol–water partition coefficient (Wildman–Crippen LogP) is 9.85. The van der Waals surface area contributed by atoms with E-state index < -0.39 is 0 Å². The lowest BCUT2D eigenvalue weighted by Gasteiger charge is -2.34. The lowest BCUT2D eigenvalue weighted by molar-refractivity contribution is 1.15. The molecule has 0 radical (unpaired) electrons. The maximum Gasteiger partial charge on any atom is 0.0603 e. The summed E-state index contributed by atoms with van der Waals surface area (Å²) < 4.78 is 1.08. The highest BCUT2D eigenvalue weighted by Crippen LogP contribution is 2.53. The van der Waals surface area contributed by atoms with E-state index in [4.69, 9.17) is 0 Å². The number of hydrogen-bond acceptors (Lipinski definition) is 3. The Morgan fingerprint density at radius 1 is 0.529 bits per heavy atom. The molecule has 0 fully saturated rings. The van der Waals surface area contributed by atoms with Gasteiger partial charge < -0.3 is 9.80 Å². The molecule has 0 atom stereocenters. The first kappa shape index (κ1) is 21.1. The van der Waals surface area contributed by atoms with Crippen molar-refractivity contribution in [3.63, 3.8) is 0 Å². The molecule has 0 saturated carbocycles. The number of benzene rings is 5. The highest BCUT2D eigenvalue weighted by molar-refractivity contribution is 9.10. The predicted molar refractivity (Wildman–Crippen MR) is 148 cm³/mol. The standard InChI is InChI=1S/C30H21BrN2S/c31-22-16-18-27-29(20-22)34-30-21-26(17-19-28(30)33(27)25-14-8-3-9-15-25)32(23-10-4-1-5-11-23)24-12-6-2-7-13-24/h1-21H. The zero-order valence-electron chi connectivity index (χ0n) is 18.3. The summed E-state index contributed by atoms with van der Waals surface area (Å²) in [6.45, 7) is 0. The second kappa shape index (κ2) is 9.05. The van der Waals surface area contributed by atoms with E-state index in [0.717, 1.165) is 27.2 Å². The Hall–Kier alpha value is -3.47. The van der Waals surface area contributed by atoms with Gasteiger partial charge in [-0.25, -0.2) is 0 Å². The van der Waals surface area contributed by atoms with E-state index in [2.05, 4.69) is 153 Å². The Kier molecular flexibility index (Phi) is 5.61. The van der Waals surface area contributed by atoms with Crippen LogP contribution in [-0.2, 0) is 0 Å². The minimum absolute atomic E-state index is 1.08. The molecule has 0 aliphatic carbocycles. The molecule has 0 saturated heterocycles. The number of halogens is 1. The van der Waals surface area contributed by atoms with Crippen LogP contribution in [0, 0.1) is 0 Å². The fraction of sp³-hybridized carbons (Fsp3) is 0. The first-order valence-electron chi connectivity index (χ1n) is 11.1. The van der Waals surface area contributed by atoms with Crippen molar-refractivity contribution in [2.75, 3.05) is 9.80 Å². The van der Waals surface area contributed by atoms with Crippen molar-refractivity contribution < 1.29 is 0 Å². The van der Waals surface area contributed by atoms with Gasteiger partial charge in [0.25, 0.3) is 0 Å². The summed E-state index contributed by atoms with van der Waals surface area (Å²) in [6.07, 6.45) is 0. The Labute approximate surface area is 212 Å². The fourth-order valence-electron chi connectivity index (χ4n) is 4.37. The molecule has 6 rings (SSSR count). The second-order valence-corrected chi connectivity index (χ2v) is 10.0. The van der Waals surface area contributed by atoms with Crippen LogP contribution in [0.1, 0.15) is 0 Å². The summed E-state index contributed by atoms with van der Waals surface area (Å²) in [6, 6.07) is 44.9. The van der Waals surface area contributed by atoms with Crippen LogP contribution < -0.4 is 9.80 Å². The maximum atomic E-state index is 3.67. The van der Waals surface area contributed by atoms with Crippen LogP contribution in [0.5, 0.6) is 0 Å². The zero-order valence-corrected chi connectivity index (χ0v) is 20.7. The smallest absolute Gasteiger partial charge is 0.0603 e. The van der Waals surface area contributed by atoms with E-state index >= 15 is 0 Å². The first-order chi connectivity index (χ1) is 16.8. The summed E-state index contributed by atoms with van der Waals surface area (Å²) in [5.41, 5.74) is 6.95. The molecule has 0 aromatic heterocycles. The third-order valence-electron chi connectivity index (χ3n) is 5.87. The average Bonchev–Trinajstić information content (AvgIpc) is 2.89. The van der Waals surface area contributed by atoms with Crippen LogP contribution in [0.25, 0.3) is 0 Å². The molecule has 34 heavy (non-hydrogen) atoms. The zero-order chi connectivity index (χ0) is 22.9. The molecule has 0 amide bonds. The minimum Gasteiger partial charge on any atom is -0.310 e. The van der Waals surface area contributed by atoms with Gasteiger partial charge in [0.15, 0.2) is 0 Å². The van der Waals surface area contributed by atoms with Crippen LogP contribution >= 0.6 is 27.7 Å². The molecular formula is C30H21BrN2S. The van der Waals surface area contributed by atoms with E-state index in [0.29, 0.717) is 0 Å². The lowest BCUT2D eigenvalue weighted by atomic mass is 10.1. The molecule has 0 N–H and O–H groups in total. The van der Waals surface area contributed by atoms with Gasteiger partial charge in [-0.3, -0.25) is 0 Å². The number of rotatable bonds is 4. The summed E-state index contributed by atoms with van der Waals surface area (Å²) in [7, 11) is 0. The van der Waals surface area contributed by atoms with Crippen LogP contribution in [-0.4, -0.2) is 0 Å². The number of hydrogen-bond donors (Lipinski definition) is 0. The SMILES string of the molecule is Brc1ccc2c(c1)Sc1cc(N(c3ccccc3)c3ccccc3)ccc1N2c1ccccc1. The number of nitrogens with zero attached hydrogens (tertiary/aromatic N) is 2. The van der Waals surface area contributed by atoms with Crippen molar-refractivity contribution in [3.05, 3.63) is 132 Å². The number of anilines is 6. The van der Waals surface area contributed by atoms with E-state index in [1.165, 1.54) is 21.2 Å². The maximum absolute atomic E-state index is 3.67. The second-order valence-electron chi connectivity index (χ2n) is 8.04. The largest absolute Gasteiger partial charge is 0.310 e. The molecule has 0 unspecified atom stereocenters. The van der Waals surface area contributed by atoms with Gasteiger partial charge in [0.1, 0.15) is 0 Å². The topological polar surface area (TPSA) is 6.48 Å². The molecule has 164 valence electrons. The minimum atomic E-state index is 1.08. The van der Waals surface area contributed by atoms with Gasteiger partial charge in [-0.15, -0.1) is 0 Å². The van der Waals surface area contributed by atoms with Crippen LogP contribution in [0.15, 0.2) is 142 Å². The highest BCUT2D eigenvalue weighted by Gasteiger charge is 2.26. The fourth-order valence-corrected chi connectivity index (χ4v) is 6.01. The van der Waals surface area contributed by atoms with Gasteiger partial charge in [-0.2, -0.15) is 0 Å². The van der Waals surface area contributed by atoms with Gasteiger partial charge >= 0.3 is 0 Å². The number of fused-ring (bicyclic) bond motifs is 2. The van der Waals surface area contributed by atoms with Crippen molar-refractivity contribution in [3.8, 4) is 0 Å². The Balaban J connectivity index is 1.52. The summed E-state index contributed by atoms with van der Waals surface area (Å²) in [5.74, 6) is 0. The highest BCUT2D eigenvalue weighted by atomic mass is 79.9. The monoisotopic (exact) mass is 520 g/mol. The van der Waals surface area contributed by atoms with Crippen molar-refractivity contribution >= 4 is 61.8 Å². The quantitative estimate of drug-likeness (QED) is 0.228. The van der Waals surface area contributed by atoms with E-state index in [1.54, 1.807) is 0 Å². The summed E-state index contributed by atoms with van der Waals surface area (Å²) >= 11 is 5.48. The Morgan fingerprint density at radius 3 is 1.68 bits per heavy atom. The van der Waals surface area contributed by atoms with Crippen molar-refractivity contribution in [2.45, 2.75) is 9.79 Å². The summed E-state index contributed by atoms with van der Waals surface area (Å²) in [5, 5.41) is 0. The third-order valence-corrected chi connectivity index (χ3v) is 7.46. The first-order valence-corrected chi connectivity index (χ1v) is 12.8. The molecule has 1 heterocycles. The average molecular weight is 521 g/mol. The molecular weight excluding hydrogens is 500 g/mol. The number of para-hydroxylation sites is 3. The van der Waals surface area contributed by atoms with Gasteiger partial charge in [0.2, 0.25) is 0 Å². The van der Waals surface area contributed by atoms with Crippen molar-refractivity contribution in [1.29, 1.82) is 0 Å². The van der Waals surface area contributed by atoms with Crippen LogP contribution in [0.3, 0.4) is 0 Å². The van der Waals surface area contributed by atoms with Gasteiger partial charge in [0.05, 0.1) is 11.4 Å². The molecule has 2 nitrogen and oxygen atoms in total. The molecule has 5 aromatic rings. The van der Waals surface area contributed by atoms with Gasteiger partial charge in [-0.05, 0) is 72.8 Å².